The van der Waals surface area contributed by atoms with E-state index in [-0.39, 0.29) is 5.73 Å². The molecule has 4 nitrogen and oxygen atoms in total. The van der Waals surface area contributed by atoms with Gasteiger partial charge in [0, 0.05) is 18.2 Å². The van der Waals surface area contributed by atoms with E-state index in [0.29, 0.717) is 31.2 Å². The Kier molecular flexibility index (Phi) is 4.47. The van der Waals surface area contributed by atoms with Crippen molar-refractivity contribution in [1.82, 2.24) is 4.98 Å². The molecule has 130 valence electrons. The molecule has 0 amide bonds. The van der Waals surface area contributed by atoms with E-state index < -0.39 is 18.3 Å². The first-order chi connectivity index (χ1) is 11.2. The Balaban J connectivity index is 1.53. The Morgan fingerprint density at radius 2 is 1.92 bits per heavy atom. The fraction of sp³-hybridized carbons (Fsp3) is 0.611. The van der Waals surface area contributed by atoms with Crippen molar-refractivity contribution in [3.63, 3.8) is 0 Å². The Bertz CT molecular complexity index is 635. The number of pyridine rings is 1. The summed E-state index contributed by atoms with van der Waals surface area (Å²) in [7, 11) is -0.884. The predicted octanol–water partition coefficient (Wildman–Crippen LogP) is 4.03. The fourth-order valence-corrected chi connectivity index (χ4v) is 2.85. The summed E-state index contributed by atoms with van der Waals surface area (Å²) >= 11 is 0. The largest absolute Gasteiger partial charge is 0.525 e. The number of hydrogen-bond acceptors (Lipinski definition) is 4. The molecule has 0 N–H and O–H groups in total. The second-order valence-corrected chi connectivity index (χ2v) is 7.80. The van der Waals surface area contributed by atoms with Crippen LogP contribution in [0.1, 0.15) is 46.1 Å². The molecule has 2 heterocycles. The second-order valence-electron chi connectivity index (χ2n) is 7.80. The Labute approximate surface area is 143 Å². The Hall–Kier alpha value is -1.40. The van der Waals surface area contributed by atoms with Crippen LogP contribution >= 0.6 is 0 Å². The maximum absolute atomic E-state index is 14.6. The highest BCUT2D eigenvalue weighted by molar-refractivity contribution is 6.53. The Morgan fingerprint density at radius 1 is 1.29 bits per heavy atom. The van der Waals surface area contributed by atoms with Crippen molar-refractivity contribution in [2.75, 3.05) is 6.61 Å². The normalized spacial score (nSPS) is 24.7. The van der Waals surface area contributed by atoms with E-state index in [9.17, 15) is 4.39 Å². The number of aryl methyl sites for hydroxylation is 1. The lowest BCUT2D eigenvalue weighted by Crippen LogP contribution is -2.41. The van der Waals surface area contributed by atoms with Gasteiger partial charge in [-0.2, -0.15) is 0 Å². The number of hydrogen-bond donors (Lipinski definition) is 0. The zero-order valence-corrected chi connectivity index (χ0v) is 15.1. The summed E-state index contributed by atoms with van der Waals surface area (Å²) in [6.45, 7) is 10.3. The number of ether oxygens (including phenoxy) is 1. The number of nitrogens with zero attached hydrogens (tertiary/aromatic N) is 1. The third kappa shape index (κ3) is 3.35. The van der Waals surface area contributed by atoms with E-state index >= 15 is 0 Å². The lowest BCUT2D eigenvalue weighted by molar-refractivity contribution is 0.00578. The summed E-state index contributed by atoms with van der Waals surface area (Å²) in [5.74, 6) is 0.939. The van der Waals surface area contributed by atoms with Crippen molar-refractivity contribution in [3.8, 4) is 5.88 Å². The molecule has 2 aliphatic rings. The van der Waals surface area contributed by atoms with Gasteiger partial charge in [-0.3, -0.25) is 0 Å². The molecule has 3 rings (SSSR count). The van der Waals surface area contributed by atoms with Gasteiger partial charge >= 0.3 is 7.12 Å². The maximum atomic E-state index is 14.6. The average Bonchev–Trinajstić information content (AvgIpc) is 2.65. The highest BCUT2D eigenvalue weighted by Crippen LogP contribution is 2.43. The quantitative estimate of drug-likeness (QED) is 0.780. The predicted molar refractivity (Wildman–Crippen MR) is 91.4 cm³/mol. The van der Waals surface area contributed by atoms with Crippen LogP contribution < -0.4 is 4.74 Å². The standard InChI is InChI=1S/C18H25BFNO3/c1-12-6-7-21-15(8-12)22-11-13-9-14(10-13)16(20)19-23-17(2,3)18(4,5)24-19/h6-8,13H,9-11H2,1-5H3. The number of allylic oxidation sites excluding steroid dienone is 1. The summed E-state index contributed by atoms with van der Waals surface area (Å²) < 4.78 is 31.8. The molecule has 0 spiro atoms. The molecule has 1 aromatic heterocycles. The smallest absolute Gasteiger partial charge is 0.477 e. The first-order valence-electron chi connectivity index (χ1n) is 8.46. The van der Waals surface area contributed by atoms with Crippen molar-refractivity contribution in [2.45, 2.75) is 58.7 Å². The van der Waals surface area contributed by atoms with Gasteiger partial charge in [0.25, 0.3) is 0 Å². The van der Waals surface area contributed by atoms with Crippen LogP contribution in [-0.4, -0.2) is 29.9 Å². The highest BCUT2D eigenvalue weighted by atomic mass is 19.1. The fourth-order valence-electron chi connectivity index (χ4n) is 2.85. The first kappa shape index (κ1) is 17.4. The molecule has 0 radical (unpaired) electrons. The van der Waals surface area contributed by atoms with Crippen LogP contribution in [0.5, 0.6) is 5.88 Å². The van der Waals surface area contributed by atoms with E-state index in [0.717, 1.165) is 11.1 Å². The third-order valence-corrected chi connectivity index (χ3v) is 5.23. The summed E-state index contributed by atoms with van der Waals surface area (Å²) in [5, 5.41) is 0. The molecule has 0 atom stereocenters. The molecule has 1 aliphatic carbocycles. The van der Waals surface area contributed by atoms with Crippen LogP contribution in [0.4, 0.5) is 4.39 Å². The molecule has 24 heavy (non-hydrogen) atoms. The van der Waals surface area contributed by atoms with Gasteiger partial charge in [-0.05, 0) is 64.7 Å². The molecule has 0 unspecified atom stereocenters. The number of aromatic nitrogens is 1. The van der Waals surface area contributed by atoms with Gasteiger partial charge in [0.2, 0.25) is 5.88 Å². The number of rotatable bonds is 4. The van der Waals surface area contributed by atoms with Crippen LogP contribution in [0.3, 0.4) is 0 Å². The van der Waals surface area contributed by atoms with Gasteiger partial charge < -0.3 is 14.0 Å². The molecule has 1 aliphatic heterocycles. The van der Waals surface area contributed by atoms with E-state index in [1.165, 1.54) is 0 Å². The maximum Gasteiger partial charge on any atom is 0.525 e. The monoisotopic (exact) mass is 333 g/mol. The van der Waals surface area contributed by atoms with E-state index in [4.69, 9.17) is 14.0 Å². The molecule has 1 saturated carbocycles. The topological polar surface area (TPSA) is 40.6 Å². The summed E-state index contributed by atoms with van der Waals surface area (Å²) in [6.07, 6.45) is 3.10. The SMILES string of the molecule is Cc1ccnc(OCC2CC(=C(F)B3OC(C)(C)C(C)(C)O3)C2)c1. The summed E-state index contributed by atoms with van der Waals surface area (Å²) in [6, 6.07) is 3.83. The van der Waals surface area contributed by atoms with E-state index in [1.807, 2.05) is 46.8 Å². The molecule has 0 bridgehead atoms. The highest BCUT2D eigenvalue weighted by Gasteiger charge is 2.54. The van der Waals surface area contributed by atoms with Gasteiger partial charge in [0.05, 0.1) is 17.8 Å². The van der Waals surface area contributed by atoms with Crippen LogP contribution in [-0.2, 0) is 9.31 Å². The van der Waals surface area contributed by atoms with Crippen LogP contribution in [0.2, 0.25) is 0 Å². The van der Waals surface area contributed by atoms with Crippen molar-refractivity contribution >= 4 is 7.12 Å². The second kappa shape index (κ2) is 6.15. The lowest BCUT2D eigenvalue weighted by atomic mass is 9.73. The Morgan fingerprint density at radius 3 is 2.50 bits per heavy atom. The molecule has 0 aromatic carbocycles. The minimum absolute atomic E-state index is 0.265. The molecule has 1 saturated heterocycles. The van der Waals surface area contributed by atoms with Gasteiger partial charge in [-0.25, -0.2) is 9.37 Å². The summed E-state index contributed by atoms with van der Waals surface area (Å²) in [5.41, 5.74) is 0.594. The summed E-state index contributed by atoms with van der Waals surface area (Å²) in [4.78, 5) is 4.17. The van der Waals surface area contributed by atoms with E-state index in [2.05, 4.69) is 4.98 Å². The zero-order chi connectivity index (χ0) is 17.5. The molecule has 2 fully saturated rings. The van der Waals surface area contributed by atoms with Gasteiger partial charge in [0.1, 0.15) is 5.73 Å². The average molecular weight is 333 g/mol. The van der Waals surface area contributed by atoms with Crippen LogP contribution in [0, 0.1) is 12.8 Å². The van der Waals surface area contributed by atoms with Gasteiger partial charge in [0.15, 0.2) is 0 Å². The van der Waals surface area contributed by atoms with Crippen molar-refractivity contribution in [3.05, 3.63) is 35.2 Å². The van der Waals surface area contributed by atoms with E-state index in [1.54, 1.807) is 6.20 Å². The number of halogens is 1. The van der Waals surface area contributed by atoms with Crippen molar-refractivity contribution < 1.29 is 18.4 Å². The minimum atomic E-state index is -0.884. The molecule has 1 aromatic rings. The first-order valence-corrected chi connectivity index (χ1v) is 8.46. The minimum Gasteiger partial charge on any atom is -0.477 e. The van der Waals surface area contributed by atoms with Crippen molar-refractivity contribution in [1.29, 1.82) is 0 Å². The van der Waals surface area contributed by atoms with Gasteiger partial charge in [-0.1, -0.05) is 0 Å². The molecular formula is C18H25BFNO3. The lowest BCUT2D eigenvalue weighted by Gasteiger charge is -2.32. The zero-order valence-electron chi connectivity index (χ0n) is 15.1. The van der Waals surface area contributed by atoms with Crippen molar-refractivity contribution in [2.24, 2.45) is 5.92 Å². The van der Waals surface area contributed by atoms with Crippen LogP contribution in [0.15, 0.2) is 29.6 Å². The van der Waals surface area contributed by atoms with Crippen LogP contribution in [0.25, 0.3) is 0 Å². The van der Waals surface area contributed by atoms with Gasteiger partial charge in [-0.15, -0.1) is 0 Å². The molecule has 6 heteroatoms. The molecular weight excluding hydrogens is 308 g/mol. The third-order valence-electron chi connectivity index (χ3n) is 5.23.